The van der Waals surface area contributed by atoms with E-state index in [9.17, 15) is 0 Å². The molecule has 0 radical (unpaired) electrons. The van der Waals surface area contributed by atoms with E-state index >= 15 is 0 Å². The molecule has 0 aliphatic rings. The van der Waals surface area contributed by atoms with Crippen LogP contribution in [0.3, 0.4) is 0 Å². The molecular weight excluding hydrogens is 258 g/mol. The summed E-state index contributed by atoms with van der Waals surface area (Å²) in [5.41, 5.74) is 2.40. The van der Waals surface area contributed by atoms with Gasteiger partial charge in [-0.05, 0) is 31.0 Å². The van der Waals surface area contributed by atoms with Gasteiger partial charge in [0.05, 0.1) is 6.20 Å². The second kappa shape index (κ2) is 6.55. The Balaban J connectivity index is 1.84. The van der Waals surface area contributed by atoms with Crippen LogP contribution in [0.25, 0.3) is 6.20 Å². The maximum atomic E-state index is 5.98. The maximum absolute atomic E-state index is 5.98. The van der Waals surface area contributed by atoms with Crippen LogP contribution in [0.15, 0.2) is 43.2 Å². The Morgan fingerprint density at radius 1 is 1.47 bits per heavy atom. The number of aromatic nitrogens is 2. The summed E-state index contributed by atoms with van der Waals surface area (Å²) in [4.78, 5) is 0. The molecular formula is C15H18ClN3. The number of hydrogen-bond donors (Lipinski definition) is 1. The molecule has 1 aromatic carbocycles. The number of halogens is 1. The minimum absolute atomic E-state index is 0.380. The number of benzene rings is 1. The molecule has 2 aromatic rings. The van der Waals surface area contributed by atoms with Gasteiger partial charge in [0.1, 0.15) is 0 Å². The Hall–Kier alpha value is -1.58. The Bertz CT molecular complexity index is 548. The summed E-state index contributed by atoms with van der Waals surface area (Å²) < 4.78 is 1.71. The molecule has 1 heterocycles. The molecule has 0 aliphatic carbocycles. The summed E-state index contributed by atoms with van der Waals surface area (Å²) in [6.45, 7) is 6.64. The zero-order chi connectivity index (χ0) is 13.7. The predicted molar refractivity (Wildman–Crippen MR) is 80.1 cm³/mol. The highest BCUT2D eigenvalue weighted by Crippen LogP contribution is 2.12. The molecule has 1 N–H and O–H groups in total. The van der Waals surface area contributed by atoms with E-state index in [0.717, 1.165) is 23.6 Å². The van der Waals surface area contributed by atoms with Crippen molar-refractivity contribution in [3.63, 3.8) is 0 Å². The van der Waals surface area contributed by atoms with Gasteiger partial charge in [0.2, 0.25) is 0 Å². The molecule has 100 valence electrons. The molecule has 0 saturated heterocycles. The first-order valence-corrected chi connectivity index (χ1v) is 6.68. The van der Waals surface area contributed by atoms with Gasteiger partial charge < -0.3 is 5.32 Å². The molecule has 2 rings (SSSR count). The lowest BCUT2D eigenvalue weighted by Crippen LogP contribution is -2.27. The van der Waals surface area contributed by atoms with Crippen molar-refractivity contribution in [2.45, 2.75) is 25.9 Å². The first kappa shape index (κ1) is 13.8. The van der Waals surface area contributed by atoms with Gasteiger partial charge in [-0.25, -0.2) is 4.68 Å². The topological polar surface area (TPSA) is 29.9 Å². The first-order valence-electron chi connectivity index (χ1n) is 6.31. The highest BCUT2D eigenvalue weighted by Gasteiger charge is 2.04. The Morgan fingerprint density at radius 3 is 3.00 bits per heavy atom. The van der Waals surface area contributed by atoms with E-state index in [1.165, 1.54) is 5.56 Å². The Labute approximate surface area is 118 Å². The van der Waals surface area contributed by atoms with Crippen LogP contribution in [0, 0.1) is 0 Å². The molecule has 1 atom stereocenters. The monoisotopic (exact) mass is 275 g/mol. The van der Waals surface area contributed by atoms with Crippen molar-refractivity contribution in [2.75, 3.05) is 0 Å². The van der Waals surface area contributed by atoms with Crippen LogP contribution in [-0.4, -0.2) is 15.8 Å². The lowest BCUT2D eigenvalue weighted by atomic mass is 10.1. The molecule has 0 bridgehead atoms. The van der Waals surface area contributed by atoms with E-state index in [2.05, 4.69) is 30.0 Å². The molecule has 0 aliphatic heterocycles. The summed E-state index contributed by atoms with van der Waals surface area (Å²) in [7, 11) is 0. The summed E-state index contributed by atoms with van der Waals surface area (Å²) in [5.74, 6) is 0. The minimum Gasteiger partial charge on any atom is -0.310 e. The van der Waals surface area contributed by atoms with Crippen LogP contribution >= 0.6 is 11.6 Å². The average Bonchev–Trinajstić information content (AvgIpc) is 2.84. The number of nitrogens with zero attached hydrogens (tertiary/aromatic N) is 2. The lowest BCUT2D eigenvalue weighted by Gasteiger charge is -2.13. The molecule has 19 heavy (non-hydrogen) atoms. The van der Waals surface area contributed by atoms with Crippen molar-refractivity contribution in [1.29, 1.82) is 0 Å². The minimum atomic E-state index is 0.380. The molecule has 1 aromatic heterocycles. The smallest absolute Gasteiger partial charge is 0.0538 e. The maximum Gasteiger partial charge on any atom is 0.0538 e. The van der Waals surface area contributed by atoms with Gasteiger partial charge in [0.25, 0.3) is 0 Å². The fourth-order valence-electron chi connectivity index (χ4n) is 1.95. The molecule has 4 heteroatoms. The summed E-state index contributed by atoms with van der Waals surface area (Å²) in [5, 5.41) is 8.41. The zero-order valence-corrected chi connectivity index (χ0v) is 11.8. The average molecular weight is 276 g/mol. The van der Waals surface area contributed by atoms with E-state index in [4.69, 9.17) is 11.6 Å². The molecule has 0 fully saturated rings. The van der Waals surface area contributed by atoms with E-state index in [1.54, 1.807) is 10.9 Å². The SMILES string of the molecule is C=Cn1cc(CNC(C)Cc2cccc(Cl)c2)cn1. The Kier molecular flexibility index (Phi) is 4.77. The number of nitrogens with one attached hydrogen (secondary N) is 1. The second-order valence-corrected chi connectivity index (χ2v) is 5.06. The van der Waals surface area contributed by atoms with Crippen LogP contribution < -0.4 is 5.32 Å². The van der Waals surface area contributed by atoms with E-state index in [1.807, 2.05) is 30.6 Å². The quantitative estimate of drug-likeness (QED) is 0.876. The predicted octanol–water partition coefficient (Wildman–Crippen LogP) is 3.36. The fourth-order valence-corrected chi connectivity index (χ4v) is 2.16. The van der Waals surface area contributed by atoms with Gasteiger partial charge in [0, 0.05) is 35.6 Å². The van der Waals surface area contributed by atoms with Crippen molar-refractivity contribution in [3.8, 4) is 0 Å². The standard InChI is InChI=1S/C15H18ClN3/c1-3-19-11-14(10-18-19)9-17-12(2)7-13-5-4-6-15(16)8-13/h3-6,8,10-12,17H,1,7,9H2,2H3. The summed E-state index contributed by atoms with van der Waals surface area (Å²) in [6.07, 6.45) is 6.45. The lowest BCUT2D eigenvalue weighted by molar-refractivity contribution is 0.545. The molecule has 3 nitrogen and oxygen atoms in total. The van der Waals surface area contributed by atoms with Gasteiger partial charge in [-0.2, -0.15) is 5.10 Å². The highest BCUT2D eigenvalue weighted by molar-refractivity contribution is 6.30. The molecule has 0 saturated carbocycles. The van der Waals surface area contributed by atoms with E-state index in [-0.39, 0.29) is 0 Å². The zero-order valence-electron chi connectivity index (χ0n) is 11.0. The van der Waals surface area contributed by atoms with Crippen LogP contribution in [0.4, 0.5) is 0 Å². The molecule has 1 unspecified atom stereocenters. The van der Waals surface area contributed by atoms with Gasteiger partial charge in [-0.1, -0.05) is 30.3 Å². The third-order valence-corrected chi connectivity index (χ3v) is 3.16. The summed E-state index contributed by atoms with van der Waals surface area (Å²) >= 11 is 5.98. The largest absolute Gasteiger partial charge is 0.310 e. The second-order valence-electron chi connectivity index (χ2n) is 4.63. The summed E-state index contributed by atoms with van der Waals surface area (Å²) in [6, 6.07) is 8.37. The van der Waals surface area contributed by atoms with Crippen molar-refractivity contribution in [2.24, 2.45) is 0 Å². The third kappa shape index (κ3) is 4.23. The van der Waals surface area contributed by atoms with Gasteiger partial charge >= 0.3 is 0 Å². The van der Waals surface area contributed by atoms with Gasteiger partial charge in [-0.3, -0.25) is 0 Å². The van der Waals surface area contributed by atoms with E-state index < -0.39 is 0 Å². The Morgan fingerprint density at radius 2 is 2.32 bits per heavy atom. The van der Waals surface area contributed by atoms with E-state index in [0.29, 0.717) is 6.04 Å². The van der Waals surface area contributed by atoms with Gasteiger partial charge in [-0.15, -0.1) is 0 Å². The van der Waals surface area contributed by atoms with Gasteiger partial charge in [0.15, 0.2) is 0 Å². The third-order valence-electron chi connectivity index (χ3n) is 2.93. The van der Waals surface area contributed by atoms with Crippen LogP contribution in [0.5, 0.6) is 0 Å². The van der Waals surface area contributed by atoms with Crippen LogP contribution in [0.2, 0.25) is 5.02 Å². The van der Waals surface area contributed by atoms with Crippen molar-refractivity contribution in [1.82, 2.24) is 15.1 Å². The van der Waals surface area contributed by atoms with Crippen molar-refractivity contribution >= 4 is 17.8 Å². The normalized spacial score (nSPS) is 12.3. The van der Waals surface area contributed by atoms with Crippen LogP contribution in [0.1, 0.15) is 18.1 Å². The highest BCUT2D eigenvalue weighted by atomic mass is 35.5. The number of rotatable bonds is 6. The van der Waals surface area contributed by atoms with Crippen molar-refractivity contribution < 1.29 is 0 Å². The molecule has 0 spiro atoms. The molecule has 0 amide bonds. The van der Waals surface area contributed by atoms with Crippen molar-refractivity contribution in [3.05, 3.63) is 59.4 Å². The first-order chi connectivity index (χ1) is 9.17. The van der Waals surface area contributed by atoms with Crippen LogP contribution in [-0.2, 0) is 13.0 Å². The fraction of sp³-hybridized carbons (Fsp3) is 0.267. The number of hydrogen-bond acceptors (Lipinski definition) is 2.